The van der Waals surface area contributed by atoms with E-state index in [1.807, 2.05) is 24.4 Å². The summed E-state index contributed by atoms with van der Waals surface area (Å²) in [6.07, 6.45) is 1.97. The summed E-state index contributed by atoms with van der Waals surface area (Å²) >= 11 is 0. The Morgan fingerprint density at radius 3 is 2.72 bits per heavy atom. The average molecular weight is 239 g/mol. The summed E-state index contributed by atoms with van der Waals surface area (Å²) in [4.78, 5) is 0. The summed E-state index contributed by atoms with van der Waals surface area (Å²) in [6, 6.07) is 15.3. The van der Waals surface area contributed by atoms with Gasteiger partial charge in [0.05, 0.1) is 0 Å². The molecule has 0 saturated heterocycles. The molecule has 2 aromatic carbocycles. The fourth-order valence-electron chi connectivity index (χ4n) is 2.39. The minimum Gasteiger partial charge on any atom is -0.384 e. The van der Waals surface area contributed by atoms with E-state index in [1.54, 1.807) is 12.1 Å². The Kier molecular flexibility index (Phi) is 2.63. The van der Waals surface area contributed by atoms with E-state index in [9.17, 15) is 4.39 Å². The van der Waals surface area contributed by atoms with Gasteiger partial charge in [0, 0.05) is 17.8 Å². The molecule has 0 fully saturated rings. The first-order chi connectivity index (χ1) is 8.75. The van der Waals surface area contributed by atoms with Gasteiger partial charge < -0.3 is 5.32 Å². The Balaban J connectivity index is 2.14. The quantitative estimate of drug-likeness (QED) is 0.796. The second kappa shape index (κ2) is 4.30. The van der Waals surface area contributed by atoms with Gasteiger partial charge in [0.25, 0.3) is 0 Å². The lowest BCUT2D eigenvalue weighted by atomic mass is 9.89. The minimum absolute atomic E-state index is 0.204. The fraction of sp³-hybridized carbons (Fsp3) is 0.125. The van der Waals surface area contributed by atoms with Crippen molar-refractivity contribution in [1.29, 1.82) is 0 Å². The first-order valence-corrected chi connectivity index (χ1v) is 6.07. The summed E-state index contributed by atoms with van der Waals surface area (Å²) < 4.78 is 13.3. The van der Waals surface area contributed by atoms with E-state index in [2.05, 4.69) is 24.4 Å². The lowest BCUT2D eigenvalue weighted by Crippen LogP contribution is -2.19. The third-order valence-corrected chi connectivity index (χ3v) is 3.33. The molecule has 1 nitrogen and oxygen atoms in total. The summed E-state index contributed by atoms with van der Waals surface area (Å²) in [5.74, 6) is -0.204. The summed E-state index contributed by atoms with van der Waals surface area (Å²) in [5, 5.41) is 3.32. The van der Waals surface area contributed by atoms with Crippen LogP contribution in [0.1, 0.15) is 29.7 Å². The third kappa shape index (κ3) is 1.80. The highest BCUT2D eigenvalue weighted by molar-refractivity contribution is 5.82. The Morgan fingerprint density at radius 1 is 1.06 bits per heavy atom. The monoisotopic (exact) mass is 239 g/mol. The van der Waals surface area contributed by atoms with Gasteiger partial charge in [0.2, 0.25) is 0 Å². The largest absolute Gasteiger partial charge is 0.384 e. The molecule has 1 unspecified atom stereocenters. The molecule has 1 aliphatic rings. The summed E-state index contributed by atoms with van der Waals surface area (Å²) in [6.45, 7) is 2.12. The van der Waals surface area contributed by atoms with Crippen molar-refractivity contribution >= 4 is 5.57 Å². The van der Waals surface area contributed by atoms with Crippen LogP contribution in [0.2, 0.25) is 0 Å². The molecule has 1 aliphatic heterocycles. The van der Waals surface area contributed by atoms with Gasteiger partial charge in [-0.3, -0.25) is 0 Å². The van der Waals surface area contributed by atoms with E-state index in [0.29, 0.717) is 6.04 Å². The standard InChI is InChI=1S/C16H14FN/c1-11-14-7-2-3-8-15(14)16(10-18-11)12-5-4-6-13(17)9-12/h2-11,18H,1H3. The highest BCUT2D eigenvalue weighted by Crippen LogP contribution is 2.32. The molecule has 2 aromatic rings. The molecule has 1 N–H and O–H groups in total. The van der Waals surface area contributed by atoms with Gasteiger partial charge in [-0.2, -0.15) is 0 Å². The van der Waals surface area contributed by atoms with E-state index in [0.717, 1.165) is 11.1 Å². The van der Waals surface area contributed by atoms with Crippen molar-refractivity contribution < 1.29 is 4.39 Å². The molecule has 18 heavy (non-hydrogen) atoms. The van der Waals surface area contributed by atoms with E-state index >= 15 is 0 Å². The second-order valence-electron chi connectivity index (χ2n) is 4.54. The molecular weight excluding hydrogens is 225 g/mol. The van der Waals surface area contributed by atoms with Crippen molar-refractivity contribution in [2.24, 2.45) is 0 Å². The van der Waals surface area contributed by atoms with E-state index in [4.69, 9.17) is 0 Å². The van der Waals surface area contributed by atoms with Gasteiger partial charge in [-0.25, -0.2) is 4.39 Å². The van der Waals surface area contributed by atoms with Gasteiger partial charge in [0.1, 0.15) is 5.82 Å². The fourth-order valence-corrected chi connectivity index (χ4v) is 2.39. The van der Waals surface area contributed by atoms with Crippen LogP contribution in [0.3, 0.4) is 0 Å². The van der Waals surface area contributed by atoms with E-state index in [-0.39, 0.29) is 5.82 Å². The van der Waals surface area contributed by atoms with Gasteiger partial charge in [0.15, 0.2) is 0 Å². The number of halogens is 1. The SMILES string of the molecule is CC1NC=C(c2cccc(F)c2)c2ccccc21. The lowest BCUT2D eigenvalue weighted by Gasteiger charge is -2.24. The number of benzene rings is 2. The van der Waals surface area contributed by atoms with Crippen LogP contribution in [0.15, 0.2) is 54.7 Å². The van der Waals surface area contributed by atoms with Crippen LogP contribution in [-0.2, 0) is 0 Å². The maximum Gasteiger partial charge on any atom is 0.123 e. The topological polar surface area (TPSA) is 12.0 Å². The van der Waals surface area contributed by atoms with E-state index < -0.39 is 0 Å². The summed E-state index contributed by atoms with van der Waals surface area (Å²) in [7, 11) is 0. The molecule has 0 radical (unpaired) electrons. The average Bonchev–Trinajstić information content (AvgIpc) is 2.39. The highest BCUT2D eigenvalue weighted by Gasteiger charge is 2.18. The first kappa shape index (κ1) is 11.0. The van der Waals surface area contributed by atoms with Crippen LogP contribution in [-0.4, -0.2) is 0 Å². The van der Waals surface area contributed by atoms with Crippen molar-refractivity contribution in [3.8, 4) is 0 Å². The second-order valence-corrected chi connectivity index (χ2v) is 4.54. The van der Waals surface area contributed by atoms with Crippen molar-refractivity contribution in [2.75, 3.05) is 0 Å². The van der Waals surface area contributed by atoms with Gasteiger partial charge >= 0.3 is 0 Å². The van der Waals surface area contributed by atoms with Crippen LogP contribution in [0.4, 0.5) is 4.39 Å². The molecule has 0 aliphatic carbocycles. The van der Waals surface area contributed by atoms with Gasteiger partial charge in [-0.1, -0.05) is 36.4 Å². The van der Waals surface area contributed by atoms with Crippen molar-refractivity contribution in [1.82, 2.24) is 5.32 Å². The summed E-state index contributed by atoms with van der Waals surface area (Å²) in [5.41, 5.74) is 4.37. The number of fused-ring (bicyclic) bond motifs is 1. The zero-order valence-corrected chi connectivity index (χ0v) is 10.2. The van der Waals surface area contributed by atoms with Crippen molar-refractivity contribution in [3.63, 3.8) is 0 Å². The number of rotatable bonds is 1. The zero-order valence-electron chi connectivity index (χ0n) is 10.2. The van der Waals surface area contributed by atoms with Crippen LogP contribution < -0.4 is 5.32 Å². The minimum atomic E-state index is -0.204. The smallest absolute Gasteiger partial charge is 0.123 e. The molecule has 0 spiro atoms. The Labute approximate surface area is 106 Å². The maximum absolute atomic E-state index is 13.3. The number of nitrogens with one attached hydrogen (secondary N) is 1. The molecule has 1 heterocycles. The molecule has 0 aromatic heterocycles. The van der Waals surface area contributed by atoms with Crippen LogP contribution in [0, 0.1) is 5.82 Å². The Hall–Kier alpha value is -2.09. The highest BCUT2D eigenvalue weighted by atomic mass is 19.1. The van der Waals surface area contributed by atoms with Crippen LogP contribution in [0.5, 0.6) is 0 Å². The maximum atomic E-state index is 13.3. The molecule has 0 bridgehead atoms. The zero-order chi connectivity index (χ0) is 12.5. The van der Waals surface area contributed by atoms with Gasteiger partial charge in [-0.15, -0.1) is 0 Å². The number of hydrogen-bond acceptors (Lipinski definition) is 1. The number of hydrogen-bond donors (Lipinski definition) is 1. The molecule has 3 rings (SSSR count). The van der Waals surface area contributed by atoms with E-state index in [1.165, 1.54) is 17.2 Å². The molecule has 2 heteroatoms. The van der Waals surface area contributed by atoms with Crippen molar-refractivity contribution in [3.05, 3.63) is 77.2 Å². The normalized spacial score (nSPS) is 17.7. The molecule has 1 atom stereocenters. The van der Waals surface area contributed by atoms with Gasteiger partial charge in [-0.05, 0) is 35.7 Å². The van der Waals surface area contributed by atoms with Crippen LogP contribution >= 0.6 is 0 Å². The molecule has 90 valence electrons. The first-order valence-electron chi connectivity index (χ1n) is 6.07. The third-order valence-electron chi connectivity index (χ3n) is 3.33. The predicted molar refractivity (Wildman–Crippen MR) is 71.5 cm³/mol. The van der Waals surface area contributed by atoms with Crippen LogP contribution in [0.25, 0.3) is 5.57 Å². The molecular formula is C16H14FN. The predicted octanol–water partition coefficient (Wildman–Crippen LogP) is 3.88. The molecule has 0 amide bonds. The molecule has 0 saturated carbocycles. The van der Waals surface area contributed by atoms with Crippen molar-refractivity contribution in [2.45, 2.75) is 13.0 Å². The Morgan fingerprint density at radius 2 is 1.89 bits per heavy atom. The Bertz CT molecular complexity index is 616. The lowest BCUT2D eigenvalue weighted by molar-refractivity contribution is 0.627.